The lowest BCUT2D eigenvalue weighted by Crippen LogP contribution is -1.98. The van der Waals surface area contributed by atoms with Crippen molar-refractivity contribution in [2.45, 2.75) is 26.7 Å². The van der Waals surface area contributed by atoms with Crippen LogP contribution in [0.5, 0.6) is 0 Å². The third-order valence-corrected chi connectivity index (χ3v) is 1.65. The summed E-state index contributed by atoms with van der Waals surface area (Å²) in [6.45, 7) is 7.70. The molecule has 0 bridgehead atoms. The molecule has 0 amide bonds. The molecule has 0 unspecified atom stereocenters. The minimum absolute atomic E-state index is 0. The Hall–Kier alpha value is -1.44. The number of hydrogen-bond donors (Lipinski definition) is 0. The molecule has 0 aliphatic rings. The van der Waals surface area contributed by atoms with Gasteiger partial charge in [0.2, 0.25) is 0 Å². The van der Waals surface area contributed by atoms with Gasteiger partial charge in [0.25, 0.3) is 0 Å². The monoisotopic (exact) mass is 206 g/mol. The van der Waals surface area contributed by atoms with E-state index in [0.717, 1.165) is 12.3 Å². The molecule has 0 fully saturated rings. The SMILES string of the molecule is C=NC(Cc1ccccc1)=NC.CCC.[HH]. The van der Waals surface area contributed by atoms with E-state index in [1.54, 1.807) is 7.05 Å². The van der Waals surface area contributed by atoms with Crippen LogP contribution in [0.15, 0.2) is 40.3 Å². The number of aliphatic imine (C=N–C) groups is 2. The first kappa shape index (κ1) is 13.6. The van der Waals surface area contributed by atoms with Crippen LogP contribution in [0.2, 0.25) is 0 Å². The van der Waals surface area contributed by atoms with E-state index in [1.807, 2.05) is 18.2 Å². The first-order chi connectivity index (χ1) is 7.28. The van der Waals surface area contributed by atoms with Gasteiger partial charge in [-0.05, 0) is 12.3 Å². The van der Waals surface area contributed by atoms with Crippen molar-refractivity contribution in [3.8, 4) is 0 Å². The summed E-state index contributed by atoms with van der Waals surface area (Å²) >= 11 is 0. The van der Waals surface area contributed by atoms with Crippen LogP contribution in [-0.2, 0) is 6.42 Å². The highest BCUT2D eigenvalue weighted by Gasteiger charge is 1.95. The average molecular weight is 206 g/mol. The summed E-state index contributed by atoms with van der Waals surface area (Å²) in [4.78, 5) is 7.79. The van der Waals surface area contributed by atoms with E-state index in [9.17, 15) is 0 Å². The average Bonchev–Trinajstić information content (AvgIpc) is 2.28. The predicted octanol–water partition coefficient (Wildman–Crippen LogP) is 3.62. The number of benzene rings is 1. The molecule has 1 rings (SSSR count). The minimum Gasteiger partial charge on any atom is -0.274 e. The lowest BCUT2D eigenvalue weighted by molar-refractivity contribution is 1.09. The fourth-order valence-corrected chi connectivity index (χ4v) is 0.984. The molecule has 2 nitrogen and oxygen atoms in total. The summed E-state index contributed by atoms with van der Waals surface area (Å²) in [7, 11) is 1.73. The van der Waals surface area contributed by atoms with E-state index < -0.39 is 0 Å². The Labute approximate surface area is 94.3 Å². The zero-order valence-electron chi connectivity index (χ0n) is 9.90. The standard InChI is InChI=1S/C10H12N2.C3H8.H2/c1-11-10(12-2)8-9-6-4-3-5-7-9;1-3-2;/h3-7H,1,8H2,2H3;3H2,1-2H3;1H. The predicted molar refractivity (Wildman–Crippen MR) is 71.1 cm³/mol. The Morgan fingerprint density at radius 2 is 1.80 bits per heavy atom. The van der Waals surface area contributed by atoms with Crippen LogP contribution in [0.1, 0.15) is 27.3 Å². The quantitative estimate of drug-likeness (QED) is 0.521. The second-order valence-corrected chi connectivity index (χ2v) is 3.17. The molecule has 0 radical (unpaired) electrons. The van der Waals surface area contributed by atoms with Crippen LogP contribution in [0, 0.1) is 0 Å². The molecule has 0 spiro atoms. The van der Waals surface area contributed by atoms with Crippen molar-refractivity contribution in [2.24, 2.45) is 9.98 Å². The van der Waals surface area contributed by atoms with Gasteiger partial charge >= 0.3 is 0 Å². The number of rotatable bonds is 2. The second kappa shape index (κ2) is 9.13. The van der Waals surface area contributed by atoms with Crippen LogP contribution >= 0.6 is 0 Å². The van der Waals surface area contributed by atoms with Crippen molar-refractivity contribution < 1.29 is 1.43 Å². The van der Waals surface area contributed by atoms with Gasteiger partial charge in [0.15, 0.2) is 0 Å². The van der Waals surface area contributed by atoms with Gasteiger partial charge in [-0.3, -0.25) is 4.99 Å². The zero-order chi connectivity index (χ0) is 11.5. The number of hydrogen-bond acceptors (Lipinski definition) is 1. The highest BCUT2D eigenvalue weighted by molar-refractivity contribution is 5.87. The lowest BCUT2D eigenvalue weighted by Gasteiger charge is -1.98. The van der Waals surface area contributed by atoms with Gasteiger partial charge in [0, 0.05) is 14.9 Å². The van der Waals surface area contributed by atoms with E-state index in [2.05, 4.69) is 42.7 Å². The lowest BCUT2D eigenvalue weighted by atomic mass is 10.1. The summed E-state index contributed by atoms with van der Waals surface area (Å²) in [5.74, 6) is 0.779. The maximum atomic E-state index is 3.99. The molecule has 0 aliphatic heterocycles. The maximum absolute atomic E-state index is 3.99. The first-order valence-corrected chi connectivity index (χ1v) is 5.24. The molecule has 0 atom stereocenters. The third-order valence-electron chi connectivity index (χ3n) is 1.65. The molecular formula is C13H22N2. The Morgan fingerprint density at radius 1 is 1.27 bits per heavy atom. The number of nitrogens with zero attached hydrogens (tertiary/aromatic N) is 2. The Bertz CT molecular complexity index is 294. The van der Waals surface area contributed by atoms with Crippen LogP contribution in [0.25, 0.3) is 0 Å². The van der Waals surface area contributed by atoms with Gasteiger partial charge in [-0.25, -0.2) is 4.99 Å². The van der Waals surface area contributed by atoms with Crippen molar-refractivity contribution in [3.05, 3.63) is 35.9 Å². The van der Waals surface area contributed by atoms with Crippen molar-refractivity contribution in [1.29, 1.82) is 0 Å². The highest BCUT2D eigenvalue weighted by Crippen LogP contribution is 2.00. The Balaban J connectivity index is 0. The normalized spacial score (nSPS) is 10.2. The molecule has 2 heteroatoms. The fraction of sp³-hybridized carbons (Fsp3) is 0.385. The third kappa shape index (κ3) is 6.61. The van der Waals surface area contributed by atoms with Crippen LogP contribution in [0.3, 0.4) is 0 Å². The molecular weight excluding hydrogens is 184 g/mol. The second-order valence-electron chi connectivity index (χ2n) is 3.17. The molecule has 1 aromatic rings. The molecule has 0 heterocycles. The van der Waals surface area contributed by atoms with E-state index in [4.69, 9.17) is 0 Å². The Kier molecular flexibility index (Phi) is 8.25. The van der Waals surface area contributed by atoms with E-state index in [1.165, 1.54) is 12.0 Å². The van der Waals surface area contributed by atoms with Gasteiger partial charge in [-0.1, -0.05) is 50.6 Å². The smallest absolute Gasteiger partial charge is 0.126 e. The van der Waals surface area contributed by atoms with Gasteiger partial charge in [-0.2, -0.15) is 0 Å². The van der Waals surface area contributed by atoms with Gasteiger partial charge in [-0.15, -0.1) is 0 Å². The van der Waals surface area contributed by atoms with Crippen molar-refractivity contribution in [3.63, 3.8) is 0 Å². The van der Waals surface area contributed by atoms with Crippen molar-refractivity contribution in [1.82, 2.24) is 0 Å². The maximum Gasteiger partial charge on any atom is 0.126 e. The van der Waals surface area contributed by atoms with E-state index >= 15 is 0 Å². The molecule has 1 aromatic carbocycles. The van der Waals surface area contributed by atoms with Gasteiger partial charge in [0.05, 0.1) is 0 Å². The first-order valence-electron chi connectivity index (χ1n) is 5.24. The minimum atomic E-state index is 0. The Morgan fingerprint density at radius 3 is 2.20 bits per heavy atom. The highest BCUT2D eigenvalue weighted by atomic mass is 14.9. The van der Waals surface area contributed by atoms with E-state index in [0.29, 0.717) is 0 Å². The van der Waals surface area contributed by atoms with Crippen LogP contribution < -0.4 is 0 Å². The summed E-state index contributed by atoms with van der Waals surface area (Å²) in [5.41, 5.74) is 1.21. The number of amidine groups is 1. The van der Waals surface area contributed by atoms with Crippen LogP contribution in [-0.4, -0.2) is 19.6 Å². The summed E-state index contributed by atoms with van der Waals surface area (Å²) in [5, 5.41) is 0. The molecule has 0 saturated carbocycles. The fourth-order valence-electron chi connectivity index (χ4n) is 0.984. The molecule has 84 valence electrons. The van der Waals surface area contributed by atoms with Gasteiger partial charge < -0.3 is 0 Å². The molecule has 0 N–H and O–H groups in total. The van der Waals surface area contributed by atoms with Crippen LogP contribution in [0.4, 0.5) is 0 Å². The van der Waals surface area contributed by atoms with E-state index in [-0.39, 0.29) is 1.43 Å². The molecule has 0 saturated heterocycles. The zero-order valence-corrected chi connectivity index (χ0v) is 9.90. The van der Waals surface area contributed by atoms with Crippen molar-refractivity contribution in [2.75, 3.05) is 7.05 Å². The molecule has 0 aromatic heterocycles. The summed E-state index contributed by atoms with van der Waals surface area (Å²) in [6.07, 6.45) is 2.01. The largest absolute Gasteiger partial charge is 0.274 e. The van der Waals surface area contributed by atoms with Crippen molar-refractivity contribution >= 4 is 12.6 Å². The topological polar surface area (TPSA) is 24.7 Å². The molecule has 15 heavy (non-hydrogen) atoms. The van der Waals surface area contributed by atoms with Gasteiger partial charge in [0.1, 0.15) is 5.84 Å². The molecule has 0 aliphatic carbocycles. The summed E-state index contributed by atoms with van der Waals surface area (Å²) in [6, 6.07) is 10.1. The summed E-state index contributed by atoms with van der Waals surface area (Å²) < 4.78 is 0.